The first kappa shape index (κ1) is 12.1. The van der Waals surface area contributed by atoms with E-state index in [1.807, 2.05) is 0 Å². The highest BCUT2D eigenvalue weighted by Gasteiger charge is 2.14. The third-order valence-corrected chi connectivity index (χ3v) is 3.17. The highest BCUT2D eigenvalue weighted by atomic mass is 32.1. The summed E-state index contributed by atoms with van der Waals surface area (Å²) in [6.45, 7) is 4.28. The van der Waals surface area contributed by atoms with Crippen LogP contribution in [0.15, 0.2) is 11.4 Å². The fraction of sp³-hybridized carbons (Fsp3) is 0.600. The number of thiophene rings is 1. The second-order valence-corrected chi connectivity index (χ2v) is 4.94. The Bertz CT molecular complexity index is 336. The van der Waals surface area contributed by atoms with Gasteiger partial charge in [-0.05, 0) is 24.3 Å². The predicted octanol–water partition coefficient (Wildman–Crippen LogP) is 3.09. The Labute approximate surface area is 93.3 Å². The van der Waals surface area contributed by atoms with Gasteiger partial charge in [0.2, 0.25) is 0 Å². The molecule has 0 bridgehead atoms. The van der Waals surface area contributed by atoms with Crippen LogP contribution >= 0.6 is 11.3 Å². The topological polar surface area (TPSA) is 69.2 Å². The molecule has 0 spiro atoms. The molecule has 0 saturated heterocycles. The Hall–Kier alpha value is -0.940. The fourth-order valence-electron chi connectivity index (χ4n) is 1.31. The minimum absolute atomic E-state index is 0.0719. The Morgan fingerprint density at radius 1 is 1.53 bits per heavy atom. The standard InChI is InChI=1S/C10H16N2O2S/c1-7(2)3-4-9(11)8-5-10(12(13)14)15-6-8/h5-7,9H,3-4,11H2,1-2H3/t9-/m1/s1. The summed E-state index contributed by atoms with van der Waals surface area (Å²) in [6.07, 6.45) is 1.93. The SMILES string of the molecule is CC(C)CC[C@@H](N)c1csc([N+](=O)[O-])c1. The van der Waals surface area contributed by atoms with E-state index in [0.29, 0.717) is 5.92 Å². The summed E-state index contributed by atoms with van der Waals surface area (Å²) in [5.74, 6) is 0.615. The fourth-order valence-corrected chi connectivity index (χ4v) is 2.10. The lowest BCUT2D eigenvalue weighted by atomic mass is 10.0. The van der Waals surface area contributed by atoms with E-state index < -0.39 is 0 Å². The average molecular weight is 228 g/mol. The van der Waals surface area contributed by atoms with Crippen LogP contribution in [0.2, 0.25) is 0 Å². The first-order valence-corrected chi connectivity index (χ1v) is 5.87. The number of rotatable bonds is 5. The van der Waals surface area contributed by atoms with Crippen LogP contribution in [-0.2, 0) is 0 Å². The van der Waals surface area contributed by atoms with Gasteiger partial charge in [0.05, 0.1) is 4.92 Å². The van der Waals surface area contributed by atoms with Gasteiger partial charge in [-0.1, -0.05) is 25.2 Å². The lowest BCUT2D eigenvalue weighted by Crippen LogP contribution is -2.10. The number of nitro groups is 1. The summed E-state index contributed by atoms with van der Waals surface area (Å²) < 4.78 is 0. The monoisotopic (exact) mass is 228 g/mol. The molecule has 0 unspecified atom stereocenters. The Morgan fingerprint density at radius 2 is 2.20 bits per heavy atom. The van der Waals surface area contributed by atoms with Crippen LogP contribution in [0.4, 0.5) is 5.00 Å². The molecule has 0 aliphatic heterocycles. The summed E-state index contributed by atoms with van der Waals surface area (Å²) in [6, 6.07) is 1.51. The van der Waals surface area contributed by atoms with E-state index in [-0.39, 0.29) is 16.0 Å². The maximum Gasteiger partial charge on any atom is 0.324 e. The molecule has 0 aliphatic carbocycles. The van der Waals surface area contributed by atoms with E-state index in [1.165, 1.54) is 0 Å². The zero-order valence-electron chi connectivity index (χ0n) is 8.97. The van der Waals surface area contributed by atoms with Gasteiger partial charge in [-0.3, -0.25) is 10.1 Å². The minimum Gasteiger partial charge on any atom is -0.324 e. The third-order valence-electron chi connectivity index (χ3n) is 2.27. The molecule has 5 heteroatoms. The summed E-state index contributed by atoms with van der Waals surface area (Å²) in [7, 11) is 0. The lowest BCUT2D eigenvalue weighted by Gasteiger charge is -2.10. The number of hydrogen-bond donors (Lipinski definition) is 1. The first-order chi connectivity index (χ1) is 7.00. The van der Waals surface area contributed by atoms with Crippen molar-refractivity contribution < 1.29 is 4.92 Å². The molecular weight excluding hydrogens is 212 g/mol. The van der Waals surface area contributed by atoms with Gasteiger partial charge in [-0.2, -0.15) is 0 Å². The molecule has 0 fully saturated rings. The van der Waals surface area contributed by atoms with Gasteiger partial charge in [0.25, 0.3) is 0 Å². The molecule has 1 atom stereocenters. The molecule has 0 amide bonds. The van der Waals surface area contributed by atoms with E-state index in [4.69, 9.17) is 5.73 Å². The maximum atomic E-state index is 10.5. The van der Waals surface area contributed by atoms with Gasteiger partial charge in [0.1, 0.15) is 0 Å². The Kier molecular flexibility index (Phi) is 4.23. The molecule has 15 heavy (non-hydrogen) atoms. The molecule has 1 heterocycles. The molecular formula is C10H16N2O2S. The van der Waals surface area contributed by atoms with E-state index >= 15 is 0 Å². The van der Waals surface area contributed by atoms with Crippen LogP contribution in [0.1, 0.15) is 38.3 Å². The molecule has 0 aliphatic rings. The normalized spacial score (nSPS) is 13.1. The molecule has 1 aromatic heterocycles. The Balaban J connectivity index is 2.58. The van der Waals surface area contributed by atoms with Crippen LogP contribution in [0.25, 0.3) is 0 Å². The van der Waals surface area contributed by atoms with Gasteiger partial charge in [0.15, 0.2) is 0 Å². The number of hydrogen-bond acceptors (Lipinski definition) is 4. The first-order valence-electron chi connectivity index (χ1n) is 4.99. The van der Waals surface area contributed by atoms with Gasteiger partial charge in [-0.25, -0.2) is 0 Å². The quantitative estimate of drug-likeness (QED) is 0.622. The molecule has 4 nitrogen and oxygen atoms in total. The molecule has 84 valence electrons. The van der Waals surface area contributed by atoms with E-state index in [9.17, 15) is 10.1 Å². The van der Waals surface area contributed by atoms with Crippen molar-refractivity contribution in [3.63, 3.8) is 0 Å². The molecule has 2 N–H and O–H groups in total. The maximum absolute atomic E-state index is 10.5. The van der Waals surface area contributed by atoms with E-state index in [2.05, 4.69) is 13.8 Å². The predicted molar refractivity (Wildman–Crippen MR) is 62.0 cm³/mol. The molecule has 0 radical (unpaired) electrons. The molecule has 0 aromatic carbocycles. The average Bonchev–Trinajstić information content (AvgIpc) is 2.62. The largest absolute Gasteiger partial charge is 0.324 e. The van der Waals surface area contributed by atoms with Gasteiger partial charge >= 0.3 is 5.00 Å². The van der Waals surface area contributed by atoms with Crippen molar-refractivity contribution in [1.82, 2.24) is 0 Å². The van der Waals surface area contributed by atoms with Crippen molar-refractivity contribution in [2.24, 2.45) is 11.7 Å². The highest BCUT2D eigenvalue weighted by Crippen LogP contribution is 2.28. The van der Waals surface area contributed by atoms with Crippen LogP contribution in [-0.4, -0.2) is 4.92 Å². The van der Waals surface area contributed by atoms with E-state index in [0.717, 1.165) is 29.7 Å². The zero-order chi connectivity index (χ0) is 11.4. The van der Waals surface area contributed by atoms with Crippen LogP contribution < -0.4 is 5.73 Å². The summed E-state index contributed by atoms with van der Waals surface area (Å²) in [5.41, 5.74) is 6.82. The van der Waals surface area contributed by atoms with E-state index in [1.54, 1.807) is 11.4 Å². The smallest absolute Gasteiger partial charge is 0.324 e. The van der Waals surface area contributed by atoms with Crippen LogP contribution in [0.3, 0.4) is 0 Å². The molecule has 1 aromatic rings. The highest BCUT2D eigenvalue weighted by molar-refractivity contribution is 7.13. The van der Waals surface area contributed by atoms with Crippen molar-refractivity contribution in [3.8, 4) is 0 Å². The Morgan fingerprint density at radius 3 is 2.67 bits per heavy atom. The van der Waals surface area contributed by atoms with Crippen LogP contribution in [0, 0.1) is 16.0 Å². The summed E-state index contributed by atoms with van der Waals surface area (Å²) in [4.78, 5) is 10.1. The summed E-state index contributed by atoms with van der Waals surface area (Å²) >= 11 is 1.14. The van der Waals surface area contributed by atoms with Crippen molar-refractivity contribution in [3.05, 3.63) is 27.1 Å². The van der Waals surface area contributed by atoms with Crippen molar-refractivity contribution >= 4 is 16.3 Å². The van der Waals surface area contributed by atoms with Crippen LogP contribution in [0.5, 0.6) is 0 Å². The van der Waals surface area contributed by atoms with Crippen molar-refractivity contribution in [1.29, 1.82) is 0 Å². The minimum atomic E-state index is -0.372. The van der Waals surface area contributed by atoms with Gasteiger partial charge in [-0.15, -0.1) is 0 Å². The molecule has 0 saturated carbocycles. The second-order valence-electron chi connectivity index (χ2n) is 4.05. The van der Waals surface area contributed by atoms with Crippen molar-refractivity contribution in [2.45, 2.75) is 32.7 Å². The third kappa shape index (κ3) is 3.60. The lowest BCUT2D eigenvalue weighted by molar-refractivity contribution is -0.380. The van der Waals surface area contributed by atoms with Crippen molar-refractivity contribution in [2.75, 3.05) is 0 Å². The summed E-state index contributed by atoms with van der Waals surface area (Å²) in [5, 5.41) is 12.4. The number of nitrogens with two attached hydrogens (primary N) is 1. The van der Waals surface area contributed by atoms with Gasteiger partial charge < -0.3 is 5.73 Å². The number of nitrogens with zero attached hydrogens (tertiary/aromatic N) is 1. The molecule has 1 rings (SSSR count). The zero-order valence-corrected chi connectivity index (χ0v) is 9.79. The van der Waals surface area contributed by atoms with Gasteiger partial charge in [0, 0.05) is 17.5 Å². The second kappa shape index (κ2) is 5.23.